The van der Waals surface area contributed by atoms with Gasteiger partial charge in [-0.3, -0.25) is 9.78 Å². The molecule has 1 aromatic carbocycles. The minimum Gasteiger partial charge on any atom is -0.384 e. The Morgan fingerprint density at radius 1 is 1.13 bits per heavy atom. The molecule has 0 spiro atoms. The Morgan fingerprint density at radius 3 is 2.68 bits per heavy atom. The molecule has 3 N–H and O–H groups in total. The van der Waals surface area contributed by atoms with Crippen LogP contribution in [0, 0.1) is 5.82 Å². The molecule has 0 bridgehead atoms. The number of pyridine rings is 1. The van der Waals surface area contributed by atoms with Crippen molar-refractivity contribution in [1.82, 2.24) is 29.6 Å². The van der Waals surface area contributed by atoms with Crippen LogP contribution >= 0.6 is 0 Å². The summed E-state index contributed by atoms with van der Waals surface area (Å²) in [4.78, 5) is 25.5. The highest BCUT2D eigenvalue weighted by atomic mass is 19.4. The number of aromatic nitrogens is 5. The minimum atomic E-state index is -4.78. The van der Waals surface area contributed by atoms with Crippen molar-refractivity contribution in [2.24, 2.45) is 0 Å². The minimum absolute atomic E-state index is 0.0246. The van der Waals surface area contributed by atoms with E-state index < -0.39 is 29.7 Å². The van der Waals surface area contributed by atoms with Gasteiger partial charge >= 0.3 is 6.18 Å². The Morgan fingerprint density at radius 2 is 1.95 bits per heavy atom. The number of nitrogens with one attached hydrogen (secondary N) is 2. The number of hydrogen-bond acceptors (Lipinski definition) is 7. The van der Waals surface area contributed by atoms with Gasteiger partial charge in [-0.2, -0.15) is 18.2 Å². The Bertz CT molecular complexity index is 1610. The predicted octanol–water partition coefficient (Wildman–Crippen LogP) is 3.44. The third kappa shape index (κ3) is 4.31. The number of halogens is 4. The zero-order valence-corrected chi connectivity index (χ0v) is 20.0. The number of benzene rings is 1. The fourth-order valence-corrected chi connectivity index (χ4v) is 4.94. The molecule has 13 heteroatoms. The summed E-state index contributed by atoms with van der Waals surface area (Å²) in [5.74, 6) is -0.947. The molecule has 6 rings (SSSR count). The summed E-state index contributed by atoms with van der Waals surface area (Å²) in [7, 11) is 0. The first-order chi connectivity index (χ1) is 18.1. The van der Waals surface area contributed by atoms with Gasteiger partial charge in [-0.25, -0.2) is 18.7 Å². The van der Waals surface area contributed by atoms with E-state index in [0.717, 1.165) is 54.1 Å². The number of anilines is 2. The molecule has 2 aliphatic rings. The maximum Gasteiger partial charge on any atom is 0.408 e. The van der Waals surface area contributed by atoms with Crippen LogP contribution in [0.1, 0.15) is 36.1 Å². The van der Waals surface area contributed by atoms with E-state index in [1.807, 2.05) is 18.2 Å². The van der Waals surface area contributed by atoms with Crippen molar-refractivity contribution in [3.63, 3.8) is 0 Å². The van der Waals surface area contributed by atoms with Crippen molar-refractivity contribution in [3.05, 3.63) is 69.7 Å². The van der Waals surface area contributed by atoms with Crippen molar-refractivity contribution in [1.29, 1.82) is 0 Å². The van der Waals surface area contributed by atoms with Gasteiger partial charge in [-0.1, -0.05) is 6.07 Å². The lowest BCUT2D eigenvalue weighted by molar-refractivity contribution is -0.144. The summed E-state index contributed by atoms with van der Waals surface area (Å²) in [5, 5.41) is 16.8. The van der Waals surface area contributed by atoms with Gasteiger partial charge in [0.15, 0.2) is 11.5 Å². The molecule has 0 atom stereocenters. The highest BCUT2D eigenvalue weighted by molar-refractivity contribution is 5.77. The van der Waals surface area contributed by atoms with E-state index >= 15 is 4.39 Å². The molecule has 9 nitrogen and oxygen atoms in total. The zero-order valence-electron chi connectivity index (χ0n) is 20.0. The smallest absolute Gasteiger partial charge is 0.384 e. The number of alkyl halides is 3. The zero-order chi connectivity index (χ0) is 26.7. The second-order valence-corrected chi connectivity index (χ2v) is 9.66. The summed E-state index contributed by atoms with van der Waals surface area (Å²) in [6.07, 6.45) is -0.477. The predicted molar refractivity (Wildman–Crippen MR) is 130 cm³/mol. The largest absolute Gasteiger partial charge is 0.408 e. The van der Waals surface area contributed by atoms with Crippen LogP contribution in [0.2, 0.25) is 0 Å². The number of aliphatic hydroxyl groups is 1. The third-order valence-corrected chi connectivity index (χ3v) is 7.07. The SMILES string of the molecule is O=c1c2cnc(Nc3ccc4c(c3)CCNC4)nc2n(-c2cc(C3(O)CCC3)ncc2F)n1CC(F)(F)F. The van der Waals surface area contributed by atoms with Crippen molar-refractivity contribution < 1.29 is 22.7 Å². The summed E-state index contributed by atoms with van der Waals surface area (Å²) >= 11 is 0. The molecule has 4 aromatic rings. The molecule has 0 saturated heterocycles. The molecule has 0 amide bonds. The van der Waals surface area contributed by atoms with Crippen LogP contribution < -0.4 is 16.2 Å². The van der Waals surface area contributed by atoms with Crippen molar-refractivity contribution in [2.75, 3.05) is 11.9 Å². The highest BCUT2D eigenvalue weighted by Gasteiger charge is 2.39. The molecular formula is C25H23F4N7O2. The van der Waals surface area contributed by atoms with E-state index in [1.165, 1.54) is 6.07 Å². The van der Waals surface area contributed by atoms with E-state index in [4.69, 9.17) is 0 Å². The van der Waals surface area contributed by atoms with Gasteiger partial charge in [0, 0.05) is 18.4 Å². The first-order valence-corrected chi connectivity index (χ1v) is 12.1. The molecule has 1 saturated carbocycles. The second kappa shape index (κ2) is 8.88. The maximum atomic E-state index is 15.1. The van der Waals surface area contributed by atoms with Gasteiger partial charge < -0.3 is 15.7 Å². The maximum absolute atomic E-state index is 15.1. The van der Waals surface area contributed by atoms with Gasteiger partial charge in [0.05, 0.1) is 11.9 Å². The standard InChI is InChI=1S/C25H23F4N7O2/c26-18-12-31-20(24(38)5-1-6-24)9-19(18)36-21-17(22(37)35(36)13-25(27,28)29)11-32-23(34-21)33-16-3-2-15-10-30-7-4-14(15)8-16/h2-3,8-9,11-12,30,38H,1,4-7,10,13H2,(H,32,33,34). The lowest BCUT2D eigenvalue weighted by atomic mass is 9.77. The first-order valence-electron chi connectivity index (χ1n) is 12.1. The molecule has 3 aromatic heterocycles. The summed E-state index contributed by atoms with van der Waals surface area (Å²) in [6, 6.07) is 6.90. The van der Waals surface area contributed by atoms with Crippen molar-refractivity contribution in [2.45, 2.75) is 50.6 Å². The van der Waals surface area contributed by atoms with E-state index in [1.54, 1.807) is 0 Å². The molecule has 1 aliphatic carbocycles. The normalized spacial score (nSPS) is 16.8. The number of hydrogen-bond donors (Lipinski definition) is 3. The number of rotatable bonds is 5. The van der Waals surface area contributed by atoms with Crippen LogP contribution in [0.3, 0.4) is 0 Å². The van der Waals surface area contributed by atoms with Crippen LogP contribution in [0.5, 0.6) is 0 Å². The van der Waals surface area contributed by atoms with Crippen LogP contribution in [-0.2, 0) is 25.1 Å². The van der Waals surface area contributed by atoms with Crippen LogP contribution in [0.4, 0.5) is 29.2 Å². The van der Waals surface area contributed by atoms with Gasteiger partial charge in [-0.05, 0) is 61.6 Å². The van der Waals surface area contributed by atoms with Gasteiger partial charge in [0.2, 0.25) is 5.95 Å². The Kier molecular flexibility index (Phi) is 5.72. The molecule has 38 heavy (non-hydrogen) atoms. The average molecular weight is 529 g/mol. The molecular weight excluding hydrogens is 506 g/mol. The Labute approximate surface area is 213 Å². The topological polar surface area (TPSA) is 110 Å². The van der Waals surface area contributed by atoms with Crippen LogP contribution in [0.25, 0.3) is 16.7 Å². The van der Waals surface area contributed by atoms with E-state index in [0.29, 0.717) is 23.2 Å². The molecule has 0 unspecified atom stereocenters. The number of nitrogens with zero attached hydrogens (tertiary/aromatic N) is 5. The fraction of sp³-hybridized carbons (Fsp3) is 0.360. The van der Waals surface area contributed by atoms with E-state index in [-0.39, 0.29) is 28.4 Å². The molecule has 1 fully saturated rings. The Balaban J connectivity index is 1.49. The summed E-state index contributed by atoms with van der Waals surface area (Å²) < 4.78 is 56.8. The van der Waals surface area contributed by atoms with Crippen molar-refractivity contribution in [3.8, 4) is 5.69 Å². The molecule has 1 aliphatic heterocycles. The number of fused-ring (bicyclic) bond motifs is 2. The highest BCUT2D eigenvalue weighted by Crippen LogP contribution is 2.41. The van der Waals surface area contributed by atoms with Gasteiger partial charge in [0.1, 0.15) is 23.2 Å². The lowest BCUT2D eigenvalue weighted by Crippen LogP contribution is -2.35. The first kappa shape index (κ1) is 24.5. The quantitative estimate of drug-likeness (QED) is 0.340. The Hall–Kier alpha value is -3.84. The fourth-order valence-electron chi connectivity index (χ4n) is 4.94. The monoisotopic (exact) mass is 529 g/mol. The molecule has 0 radical (unpaired) electrons. The third-order valence-electron chi connectivity index (χ3n) is 7.07. The molecule has 4 heterocycles. The van der Waals surface area contributed by atoms with Crippen LogP contribution in [-0.4, -0.2) is 42.1 Å². The molecule has 198 valence electrons. The summed E-state index contributed by atoms with van der Waals surface area (Å²) in [5.41, 5.74) is 0.168. The lowest BCUT2D eigenvalue weighted by Gasteiger charge is -2.36. The van der Waals surface area contributed by atoms with Gasteiger partial charge in [-0.15, -0.1) is 0 Å². The summed E-state index contributed by atoms with van der Waals surface area (Å²) in [6.45, 7) is -0.0800. The average Bonchev–Trinajstić information content (AvgIpc) is 3.12. The van der Waals surface area contributed by atoms with Crippen molar-refractivity contribution >= 4 is 22.7 Å². The second-order valence-electron chi connectivity index (χ2n) is 9.66. The van der Waals surface area contributed by atoms with E-state index in [9.17, 15) is 23.1 Å². The van der Waals surface area contributed by atoms with Gasteiger partial charge in [0.25, 0.3) is 5.56 Å². The van der Waals surface area contributed by atoms with E-state index in [2.05, 4.69) is 25.6 Å². The van der Waals surface area contributed by atoms with Crippen LogP contribution in [0.15, 0.2) is 41.5 Å².